The molecule has 1 aliphatic heterocycles. The van der Waals surface area contributed by atoms with Crippen molar-refractivity contribution in [2.45, 2.75) is 19.1 Å². The van der Waals surface area contributed by atoms with E-state index >= 15 is 0 Å². The molecule has 0 saturated heterocycles. The lowest BCUT2D eigenvalue weighted by Crippen LogP contribution is -2.32. The third kappa shape index (κ3) is 3.37. The van der Waals surface area contributed by atoms with Gasteiger partial charge in [0.25, 0.3) is 0 Å². The lowest BCUT2D eigenvalue weighted by molar-refractivity contribution is -0.0619. The Labute approximate surface area is 121 Å². The van der Waals surface area contributed by atoms with Crippen molar-refractivity contribution in [2.24, 2.45) is 11.0 Å². The minimum atomic E-state index is -4.38. The Morgan fingerprint density at radius 3 is 2.33 bits per heavy atom. The predicted molar refractivity (Wildman–Crippen MR) is 76.2 cm³/mol. The van der Waals surface area contributed by atoms with E-state index in [-0.39, 0.29) is 0 Å². The van der Waals surface area contributed by atoms with E-state index in [1.54, 1.807) is 45.4 Å². The first kappa shape index (κ1) is 15.4. The highest BCUT2D eigenvalue weighted by molar-refractivity contribution is 5.93. The van der Waals surface area contributed by atoms with E-state index in [0.29, 0.717) is 0 Å². The minimum absolute atomic E-state index is 0.399. The first-order valence-electron chi connectivity index (χ1n) is 6.53. The average molecular weight is 298 g/mol. The van der Waals surface area contributed by atoms with Gasteiger partial charge in [0.15, 0.2) is 0 Å². The Morgan fingerprint density at radius 2 is 1.86 bits per heavy atom. The summed E-state index contributed by atoms with van der Waals surface area (Å²) < 4.78 is 43.5. The second kappa shape index (κ2) is 5.79. The largest absolute Gasteiger partial charge is 0.497 e. The normalized spacial score (nSPS) is 22.8. The summed E-state index contributed by atoms with van der Waals surface area (Å²) in [6.45, 7) is 1.54. The van der Waals surface area contributed by atoms with Gasteiger partial charge in [-0.05, 0) is 17.7 Å². The monoisotopic (exact) mass is 298 g/mol. The van der Waals surface area contributed by atoms with Crippen molar-refractivity contribution in [1.82, 2.24) is 5.01 Å². The first-order chi connectivity index (χ1) is 9.82. The van der Waals surface area contributed by atoms with Crippen LogP contribution in [0.25, 0.3) is 6.08 Å². The number of hydrogen-bond donors (Lipinski definition) is 0. The van der Waals surface area contributed by atoms with E-state index < -0.39 is 23.8 Å². The fourth-order valence-corrected chi connectivity index (χ4v) is 2.34. The van der Waals surface area contributed by atoms with Crippen LogP contribution in [0.5, 0.6) is 5.75 Å². The van der Waals surface area contributed by atoms with Crippen molar-refractivity contribution < 1.29 is 17.9 Å². The molecule has 0 aromatic heterocycles. The van der Waals surface area contributed by atoms with Gasteiger partial charge in [-0.3, -0.25) is 5.01 Å². The average Bonchev–Trinajstić information content (AvgIpc) is 2.72. The summed E-state index contributed by atoms with van der Waals surface area (Å²) >= 11 is 0. The molecule has 21 heavy (non-hydrogen) atoms. The number of ether oxygens (including phenoxy) is 1. The van der Waals surface area contributed by atoms with Crippen LogP contribution in [0.3, 0.4) is 0 Å². The van der Waals surface area contributed by atoms with Gasteiger partial charge >= 0.3 is 6.18 Å². The third-order valence-electron chi connectivity index (χ3n) is 3.53. The number of hydrazone groups is 1. The topological polar surface area (TPSA) is 24.8 Å². The second-order valence-electron chi connectivity index (χ2n) is 4.97. The van der Waals surface area contributed by atoms with Crippen molar-refractivity contribution in [1.29, 1.82) is 0 Å². The molecule has 0 amide bonds. The van der Waals surface area contributed by atoms with Gasteiger partial charge in [-0.15, -0.1) is 0 Å². The Balaban J connectivity index is 2.11. The molecule has 0 N–H and O–H groups in total. The molecule has 0 saturated carbocycles. The van der Waals surface area contributed by atoms with Crippen LogP contribution < -0.4 is 4.74 Å². The molecule has 114 valence electrons. The molecule has 0 aliphatic carbocycles. The Kier molecular flexibility index (Phi) is 4.25. The zero-order chi connectivity index (χ0) is 15.6. The van der Waals surface area contributed by atoms with Crippen LogP contribution in [0.15, 0.2) is 35.4 Å². The summed E-state index contributed by atoms with van der Waals surface area (Å²) in [5, 5.41) is 4.97. The molecule has 2 rings (SSSR count). The summed E-state index contributed by atoms with van der Waals surface area (Å²) in [6.07, 6.45) is -0.836. The number of nitrogens with zero attached hydrogens (tertiary/aromatic N) is 2. The van der Waals surface area contributed by atoms with Gasteiger partial charge in [0, 0.05) is 13.0 Å². The number of benzene rings is 1. The molecular formula is C15H17F3N2O. The molecule has 0 bridgehead atoms. The lowest BCUT2D eigenvalue weighted by atomic mass is 9.96. The number of likely N-dealkylation sites (N-methyl/N-ethyl adjacent to an activating group) is 1. The molecule has 0 spiro atoms. The van der Waals surface area contributed by atoms with Crippen molar-refractivity contribution in [3.05, 3.63) is 35.9 Å². The standard InChI is InChI=1S/C15H17F3N2O/c1-10-13(20(2)19-14(10)15(16,17)18)9-6-11-4-7-12(21-3)8-5-11/h4-10,13H,1-3H3/b9-6+. The molecule has 0 fully saturated rings. The fourth-order valence-electron chi connectivity index (χ4n) is 2.34. The fraction of sp³-hybridized carbons (Fsp3) is 0.400. The molecule has 1 aromatic carbocycles. The molecule has 1 aliphatic rings. The second-order valence-corrected chi connectivity index (χ2v) is 4.97. The molecule has 0 radical (unpaired) electrons. The van der Waals surface area contributed by atoms with E-state index in [1.165, 1.54) is 5.01 Å². The Morgan fingerprint density at radius 1 is 1.24 bits per heavy atom. The molecule has 1 heterocycles. The van der Waals surface area contributed by atoms with E-state index in [1.807, 2.05) is 12.1 Å². The molecule has 6 heteroatoms. The maximum atomic E-state index is 12.8. The van der Waals surface area contributed by atoms with Crippen LogP contribution in [0.2, 0.25) is 0 Å². The summed E-state index contributed by atoms with van der Waals surface area (Å²) in [5.74, 6) is 0.0469. The number of halogens is 3. The van der Waals surface area contributed by atoms with Crippen LogP contribution in [-0.2, 0) is 0 Å². The van der Waals surface area contributed by atoms with Crippen molar-refractivity contribution in [3.63, 3.8) is 0 Å². The van der Waals surface area contributed by atoms with Crippen LogP contribution >= 0.6 is 0 Å². The van der Waals surface area contributed by atoms with Gasteiger partial charge in [0.2, 0.25) is 0 Å². The molecule has 3 nitrogen and oxygen atoms in total. The molecule has 2 unspecified atom stereocenters. The SMILES string of the molecule is COc1ccc(/C=C/C2C(C)C(C(F)(F)F)=NN2C)cc1. The Bertz CT molecular complexity index is 549. The number of hydrogen-bond acceptors (Lipinski definition) is 3. The lowest BCUT2D eigenvalue weighted by Gasteiger charge is -2.19. The van der Waals surface area contributed by atoms with Crippen molar-refractivity contribution >= 4 is 11.8 Å². The first-order valence-corrected chi connectivity index (χ1v) is 6.53. The number of alkyl halides is 3. The highest BCUT2D eigenvalue weighted by atomic mass is 19.4. The zero-order valence-corrected chi connectivity index (χ0v) is 12.1. The zero-order valence-electron chi connectivity index (χ0n) is 12.1. The van der Waals surface area contributed by atoms with Crippen LogP contribution in [0.1, 0.15) is 12.5 Å². The van der Waals surface area contributed by atoms with Gasteiger partial charge in [0.05, 0.1) is 13.2 Å². The third-order valence-corrected chi connectivity index (χ3v) is 3.53. The van der Waals surface area contributed by atoms with E-state index in [9.17, 15) is 13.2 Å². The van der Waals surface area contributed by atoms with Gasteiger partial charge in [0.1, 0.15) is 11.5 Å². The highest BCUT2D eigenvalue weighted by Gasteiger charge is 2.46. The quantitative estimate of drug-likeness (QED) is 0.852. The number of methoxy groups -OCH3 is 1. The van der Waals surface area contributed by atoms with Gasteiger partial charge in [-0.2, -0.15) is 18.3 Å². The molecule has 1 aromatic rings. The summed E-state index contributed by atoms with van der Waals surface area (Å²) in [6, 6.07) is 6.91. The smallest absolute Gasteiger partial charge is 0.431 e. The molecular weight excluding hydrogens is 281 g/mol. The van der Waals surface area contributed by atoms with Gasteiger partial charge in [-0.1, -0.05) is 31.2 Å². The van der Waals surface area contributed by atoms with E-state index in [0.717, 1.165) is 11.3 Å². The van der Waals surface area contributed by atoms with E-state index in [2.05, 4.69) is 5.10 Å². The maximum absolute atomic E-state index is 12.8. The highest BCUT2D eigenvalue weighted by Crippen LogP contribution is 2.31. The van der Waals surface area contributed by atoms with Crippen LogP contribution in [0, 0.1) is 5.92 Å². The minimum Gasteiger partial charge on any atom is -0.497 e. The van der Waals surface area contributed by atoms with Gasteiger partial charge in [-0.25, -0.2) is 0 Å². The summed E-state index contributed by atoms with van der Waals surface area (Å²) in [7, 11) is 3.13. The van der Waals surface area contributed by atoms with Crippen molar-refractivity contribution in [2.75, 3.05) is 14.2 Å². The summed E-state index contributed by atoms with van der Waals surface area (Å²) in [4.78, 5) is 0. The summed E-state index contributed by atoms with van der Waals surface area (Å²) in [5.41, 5.74) is 0.172. The van der Waals surface area contributed by atoms with E-state index in [4.69, 9.17) is 4.74 Å². The predicted octanol–water partition coefficient (Wildman–Crippen LogP) is 3.58. The Hall–Kier alpha value is -1.98. The maximum Gasteiger partial charge on any atom is 0.431 e. The molecule has 2 atom stereocenters. The van der Waals surface area contributed by atoms with Crippen LogP contribution in [-0.4, -0.2) is 37.1 Å². The van der Waals surface area contributed by atoms with Crippen LogP contribution in [0.4, 0.5) is 13.2 Å². The van der Waals surface area contributed by atoms with Crippen molar-refractivity contribution in [3.8, 4) is 5.75 Å². The van der Waals surface area contributed by atoms with Gasteiger partial charge < -0.3 is 4.74 Å². The number of rotatable bonds is 3.